The lowest BCUT2D eigenvalue weighted by molar-refractivity contribution is 0.0685. The first-order valence-electron chi connectivity index (χ1n) is 6.36. The first-order chi connectivity index (χ1) is 9.09. The summed E-state index contributed by atoms with van der Waals surface area (Å²) >= 11 is 0. The van der Waals surface area contributed by atoms with Crippen LogP contribution in [0.4, 0.5) is 11.5 Å². The van der Waals surface area contributed by atoms with Gasteiger partial charge in [-0.2, -0.15) is 0 Å². The standard InChI is InChI=1S/C13H19N3O3/c1-16(8-9-3-6-19-7-4-9)12-11(14)10(13(17)18)2-5-15-12/h2,5,9H,3-4,6-8,14H2,1H3,(H,17,18). The summed E-state index contributed by atoms with van der Waals surface area (Å²) in [6.07, 6.45) is 3.52. The van der Waals surface area contributed by atoms with Crippen LogP contribution in [0.15, 0.2) is 12.3 Å². The average Bonchev–Trinajstić information content (AvgIpc) is 2.39. The molecule has 0 bridgehead atoms. The molecule has 1 aliphatic heterocycles. The summed E-state index contributed by atoms with van der Waals surface area (Å²) in [6.45, 7) is 2.39. The second-order valence-corrected chi connectivity index (χ2v) is 4.84. The van der Waals surface area contributed by atoms with Crippen LogP contribution >= 0.6 is 0 Å². The van der Waals surface area contributed by atoms with Gasteiger partial charge in [-0.25, -0.2) is 9.78 Å². The Kier molecular flexibility index (Phi) is 4.21. The molecule has 1 aliphatic rings. The van der Waals surface area contributed by atoms with Gasteiger partial charge in [0.25, 0.3) is 0 Å². The molecule has 104 valence electrons. The van der Waals surface area contributed by atoms with Crippen LogP contribution in [-0.4, -0.2) is 42.9 Å². The van der Waals surface area contributed by atoms with Crippen molar-refractivity contribution in [1.82, 2.24) is 4.98 Å². The number of nitrogens with two attached hydrogens (primary N) is 1. The lowest BCUT2D eigenvalue weighted by Crippen LogP contribution is -2.30. The van der Waals surface area contributed by atoms with Crippen LogP contribution in [0.2, 0.25) is 0 Å². The fourth-order valence-corrected chi connectivity index (χ4v) is 2.36. The van der Waals surface area contributed by atoms with E-state index in [4.69, 9.17) is 15.6 Å². The Morgan fingerprint density at radius 2 is 2.26 bits per heavy atom. The Labute approximate surface area is 112 Å². The monoisotopic (exact) mass is 265 g/mol. The fraction of sp³-hybridized carbons (Fsp3) is 0.538. The number of ether oxygens (including phenoxy) is 1. The number of aromatic carboxylic acids is 1. The first kappa shape index (κ1) is 13.6. The number of aromatic nitrogens is 1. The van der Waals surface area contributed by atoms with Gasteiger partial charge in [-0.1, -0.05) is 0 Å². The third-order valence-corrected chi connectivity index (χ3v) is 3.43. The van der Waals surface area contributed by atoms with E-state index >= 15 is 0 Å². The molecule has 1 fully saturated rings. The van der Waals surface area contributed by atoms with Crippen LogP contribution in [-0.2, 0) is 4.74 Å². The molecule has 1 saturated heterocycles. The van der Waals surface area contributed by atoms with Crippen LogP contribution in [0.25, 0.3) is 0 Å². The van der Waals surface area contributed by atoms with Crippen molar-refractivity contribution in [2.24, 2.45) is 5.92 Å². The largest absolute Gasteiger partial charge is 0.478 e. The minimum absolute atomic E-state index is 0.101. The number of nitrogen functional groups attached to an aromatic ring is 1. The number of carbonyl (C=O) groups is 1. The first-order valence-corrected chi connectivity index (χ1v) is 6.36. The molecule has 19 heavy (non-hydrogen) atoms. The van der Waals surface area contributed by atoms with Crippen LogP contribution in [0, 0.1) is 5.92 Å². The molecule has 1 aromatic heterocycles. The summed E-state index contributed by atoms with van der Waals surface area (Å²) in [5, 5.41) is 9.05. The Morgan fingerprint density at radius 1 is 1.58 bits per heavy atom. The molecular weight excluding hydrogens is 246 g/mol. The Hall–Kier alpha value is -1.82. The smallest absolute Gasteiger partial charge is 0.337 e. The molecular formula is C13H19N3O3. The van der Waals surface area contributed by atoms with E-state index in [1.54, 1.807) is 0 Å². The molecule has 1 aromatic rings. The van der Waals surface area contributed by atoms with Gasteiger partial charge in [0.2, 0.25) is 0 Å². The van der Waals surface area contributed by atoms with Crippen LogP contribution in [0.5, 0.6) is 0 Å². The van der Waals surface area contributed by atoms with Gasteiger partial charge in [0.1, 0.15) is 0 Å². The predicted molar refractivity (Wildman–Crippen MR) is 72.4 cm³/mol. The van der Waals surface area contributed by atoms with Gasteiger partial charge >= 0.3 is 5.97 Å². The lowest BCUT2D eigenvalue weighted by atomic mass is 10.00. The molecule has 6 nitrogen and oxygen atoms in total. The second kappa shape index (κ2) is 5.88. The van der Waals surface area contributed by atoms with E-state index in [0.29, 0.717) is 11.7 Å². The van der Waals surface area contributed by atoms with Gasteiger partial charge in [-0.15, -0.1) is 0 Å². The van der Waals surface area contributed by atoms with Crippen molar-refractivity contribution in [2.45, 2.75) is 12.8 Å². The van der Waals surface area contributed by atoms with E-state index in [1.165, 1.54) is 12.3 Å². The zero-order valence-corrected chi connectivity index (χ0v) is 11.0. The van der Waals surface area contributed by atoms with E-state index in [1.807, 2.05) is 11.9 Å². The number of nitrogens with zero attached hydrogens (tertiary/aromatic N) is 2. The molecule has 0 amide bonds. The molecule has 0 atom stereocenters. The molecule has 0 saturated carbocycles. The van der Waals surface area contributed by atoms with E-state index < -0.39 is 5.97 Å². The van der Waals surface area contributed by atoms with E-state index in [-0.39, 0.29) is 11.3 Å². The highest BCUT2D eigenvalue weighted by Crippen LogP contribution is 2.25. The van der Waals surface area contributed by atoms with Crippen LogP contribution in [0.3, 0.4) is 0 Å². The maximum atomic E-state index is 11.0. The number of carboxylic acids is 1. The highest BCUT2D eigenvalue weighted by Gasteiger charge is 2.19. The normalized spacial score (nSPS) is 16.3. The number of hydrogen-bond acceptors (Lipinski definition) is 5. The third kappa shape index (κ3) is 3.14. The summed E-state index contributed by atoms with van der Waals surface area (Å²) in [4.78, 5) is 17.2. The third-order valence-electron chi connectivity index (χ3n) is 3.43. The minimum Gasteiger partial charge on any atom is -0.478 e. The number of pyridine rings is 1. The number of anilines is 2. The fourth-order valence-electron chi connectivity index (χ4n) is 2.36. The van der Waals surface area contributed by atoms with Crippen molar-refractivity contribution in [3.63, 3.8) is 0 Å². The van der Waals surface area contributed by atoms with Gasteiger partial charge in [0.15, 0.2) is 5.82 Å². The molecule has 2 rings (SSSR count). The topological polar surface area (TPSA) is 88.7 Å². The highest BCUT2D eigenvalue weighted by atomic mass is 16.5. The van der Waals surface area contributed by atoms with Gasteiger partial charge in [0.05, 0.1) is 11.3 Å². The van der Waals surface area contributed by atoms with Crippen molar-refractivity contribution in [3.8, 4) is 0 Å². The number of carboxylic acid groups (broad SMARTS) is 1. The zero-order valence-electron chi connectivity index (χ0n) is 11.0. The Balaban J connectivity index is 2.12. The molecule has 0 radical (unpaired) electrons. The van der Waals surface area contributed by atoms with E-state index in [0.717, 1.165) is 32.6 Å². The highest BCUT2D eigenvalue weighted by molar-refractivity contribution is 5.96. The maximum Gasteiger partial charge on any atom is 0.337 e. The summed E-state index contributed by atoms with van der Waals surface area (Å²) in [5.41, 5.74) is 6.21. The molecule has 2 heterocycles. The Morgan fingerprint density at radius 3 is 2.89 bits per heavy atom. The van der Waals surface area contributed by atoms with Gasteiger partial charge < -0.3 is 20.5 Å². The summed E-state index contributed by atoms with van der Waals surface area (Å²) < 4.78 is 5.32. The van der Waals surface area contributed by atoms with Crippen molar-refractivity contribution >= 4 is 17.5 Å². The number of hydrogen-bond donors (Lipinski definition) is 2. The predicted octanol–water partition coefficient (Wildman–Crippen LogP) is 1.22. The Bertz CT molecular complexity index is 458. The molecule has 0 aliphatic carbocycles. The van der Waals surface area contributed by atoms with Crippen molar-refractivity contribution in [3.05, 3.63) is 17.8 Å². The van der Waals surface area contributed by atoms with Gasteiger partial charge in [0, 0.05) is 33.0 Å². The second-order valence-electron chi connectivity index (χ2n) is 4.84. The molecule has 0 spiro atoms. The SMILES string of the molecule is CN(CC1CCOCC1)c1nccc(C(=O)O)c1N. The molecule has 0 aromatic carbocycles. The van der Waals surface area contributed by atoms with Crippen LogP contribution < -0.4 is 10.6 Å². The van der Waals surface area contributed by atoms with Crippen LogP contribution in [0.1, 0.15) is 23.2 Å². The number of rotatable bonds is 4. The average molecular weight is 265 g/mol. The lowest BCUT2D eigenvalue weighted by Gasteiger charge is -2.28. The zero-order chi connectivity index (χ0) is 13.8. The minimum atomic E-state index is -1.03. The summed E-state index contributed by atoms with van der Waals surface area (Å²) in [7, 11) is 1.89. The van der Waals surface area contributed by atoms with Crippen molar-refractivity contribution in [2.75, 3.05) is 37.4 Å². The van der Waals surface area contributed by atoms with Gasteiger partial charge in [-0.05, 0) is 24.8 Å². The summed E-state index contributed by atoms with van der Waals surface area (Å²) in [6, 6.07) is 1.42. The van der Waals surface area contributed by atoms with Crippen molar-refractivity contribution < 1.29 is 14.6 Å². The molecule has 6 heteroatoms. The summed E-state index contributed by atoms with van der Waals surface area (Å²) in [5.74, 6) is 0.0421. The molecule has 3 N–H and O–H groups in total. The van der Waals surface area contributed by atoms with Gasteiger partial charge in [-0.3, -0.25) is 0 Å². The van der Waals surface area contributed by atoms with Crippen molar-refractivity contribution in [1.29, 1.82) is 0 Å². The maximum absolute atomic E-state index is 11.0. The quantitative estimate of drug-likeness (QED) is 0.851. The van der Waals surface area contributed by atoms with E-state index in [2.05, 4.69) is 4.98 Å². The molecule has 0 unspecified atom stereocenters. The van der Waals surface area contributed by atoms with E-state index in [9.17, 15) is 4.79 Å².